The third kappa shape index (κ3) is 5.27. The smallest absolute Gasteiger partial charge is 0.175 e. The molecule has 0 saturated heterocycles. The van der Waals surface area contributed by atoms with Crippen molar-refractivity contribution in [3.05, 3.63) is 59.9 Å². The number of hydrogen-bond acceptors (Lipinski definition) is 6. The van der Waals surface area contributed by atoms with Crippen LogP contribution in [0.3, 0.4) is 0 Å². The highest BCUT2D eigenvalue weighted by molar-refractivity contribution is 7.90. The van der Waals surface area contributed by atoms with Crippen molar-refractivity contribution in [2.45, 2.75) is 44.4 Å². The maximum absolute atomic E-state index is 11.9. The normalized spacial score (nSPS) is 12.3. The molecule has 1 aromatic heterocycles. The molecule has 3 rings (SSSR count). The van der Waals surface area contributed by atoms with Crippen LogP contribution in [0.4, 0.5) is 5.82 Å². The van der Waals surface area contributed by atoms with E-state index in [9.17, 15) is 8.42 Å². The molecule has 0 bridgehead atoms. The molecule has 28 heavy (non-hydrogen) atoms. The van der Waals surface area contributed by atoms with Crippen LogP contribution in [0.2, 0.25) is 0 Å². The summed E-state index contributed by atoms with van der Waals surface area (Å²) < 4.78 is 29.6. The lowest BCUT2D eigenvalue weighted by atomic mass is 10.1. The Morgan fingerprint density at radius 1 is 1.04 bits per heavy atom. The molecule has 0 spiro atoms. The molecule has 148 valence electrons. The van der Waals surface area contributed by atoms with E-state index in [0.717, 1.165) is 11.1 Å². The van der Waals surface area contributed by atoms with E-state index in [2.05, 4.69) is 21.4 Å². The van der Waals surface area contributed by atoms with Crippen molar-refractivity contribution < 1.29 is 13.2 Å². The highest BCUT2D eigenvalue weighted by Gasteiger charge is 2.12. The predicted molar refractivity (Wildman–Crippen MR) is 111 cm³/mol. The van der Waals surface area contributed by atoms with E-state index in [1.54, 1.807) is 18.2 Å². The van der Waals surface area contributed by atoms with E-state index < -0.39 is 9.84 Å². The molecule has 1 heterocycles. The molecule has 6 nitrogen and oxygen atoms in total. The van der Waals surface area contributed by atoms with Gasteiger partial charge in [-0.3, -0.25) is 0 Å². The molecular formula is C21H25N3O3S. The topological polar surface area (TPSA) is 81.2 Å². The highest BCUT2D eigenvalue weighted by atomic mass is 32.2. The molecular weight excluding hydrogens is 374 g/mol. The number of anilines is 1. The van der Waals surface area contributed by atoms with Gasteiger partial charge in [0.1, 0.15) is 12.1 Å². The Kier molecular flexibility index (Phi) is 5.67. The minimum Gasteiger partial charge on any atom is -0.371 e. The van der Waals surface area contributed by atoms with E-state index in [1.807, 2.05) is 39.0 Å². The first-order valence-corrected chi connectivity index (χ1v) is 10.9. The summed E-state index contributed by atoms with van der Waals surface area (Å²) in [4.78, 5) is 8.76. The van der Waals surface area contributed by atoms with Gasteiger partial charge in [-0.05, 0) is 50.1 Å². The van der Waals surface area contributed by atoms with Gasteiger partial charge in [0.15, 0.2) is 9.84 Å². The summed E-state index contributed by atoms with van der Waals surface area (Å²) in [5.74, 6) is 0.604. The average Bonchev–Trinajstić information content (AvgIpc) is 2.63. The van der Waals surface area contributed by atoms with Crippen molar-refractivity contribution in [2.75, 3.05) is 11.6 Å². The van der Waals surface area contributed by atoms with Crippen molar-refractivity contribution in [1.29, 1.82) is 0 Å². The zero-order chi connectivity index (χ0) is 20.4. The van der Waals surface area contributed by atoms with E-state index in [1.165, 1.54) is 12.6 Å². The van der Waals surface area contributed by atoms with Gasteiger partial charge in [0.05, 0.1) is 22.6 Å². The van der Waals surface area contributed by atoms with Crippen molar-refractivity contribution in [1.82, 2.24) is 9.97 Å². The lowest BCUT2D eigenvalue weighted by molar-refractivity contribution is -0.0149. The average molecular weight is 400 g/mol. The van der Waals surface area contributed by atoms with Gasteiger partial charge in [-0.2, -0.15) is 0 Å². The van der Waals surface area contributed by atoms with Gasteiger partial charge >= 0.3 is 0 Å². The molecule has 0 unspecified atom stereocenters. The summed E-state index contributed by atoms with van der Waals surface area (Å²) in [5.41, 5.74) is 2.69. The Balaban J connectivity index is 1.80. The Morgan fingerprint density at radius 2 is 1.79 bits per heavy atom. The second-order valence-electron chi connectivity index (χ2n) is 7.75. The predicted octanol–water partition coefficient (Wildman–Crippen LogP) is 3.96. The number of nitrogens with one attached hydrogen (secondary N) is 1. The van der Waals surface area contributed by atoms with Gasteiger partial charge in [-0.15, -0.1) is 0 Å². The monoisotopic (exact) mass is 399 g/mol. The number of benzene rings is 2. The summed E-state index contributed by atoms with van der Waals surface area (Å²) in [6.45, 7) is 7.19. The third-order valence-electron chi connectivity index (χ3n) is 4.16. The first-order chi connectivity index (χ1) is 13.1. The molecule has 7 heteroatoms. The second-order valence-corrected chi connectivity index (χ2v) is 9.76. The van der Waals surface area contributed by atoms with Crippen molar-refractivity contribution >= 4 is 26.6 Å². The summed E-state index contributed by atoms with van der Waals surface area (Å²) in [6.07, 6.45) is 2.66. The van der Waals surface area contributed by atoms with Crippen LogP contribution in [0.15, 0.2) is 53.7 Å². The van der Waals surface area contributed by atoms with E-state index in [4.69, 9.17) is 4.74 Å². The van der Waals surface area contributed by atoms with Crippen molar-refractivity contribution in [2.24, 2.45) is 0 Å². The fourth-order valence-electron chi connectivity index (χ4n) is 2.72. The minimum atomic E-state index is -3.30. The van der Waals surface area contributed by atoms with Gasteiger partial charge in [0.2, 0.25) is 0 Å². The Hall–Kier alpha value is -2.51. The fourth-order valence-corrected chi connectivity index (χ4v) is 3.37. The summed E-state index contributed by atoms with van der Waals surface area (Å²) in [6, 6.07) is 13.0. The molecule has 0 atom stereocenters. The van der Waals surface area contributed by atoms with Crippen LogP contribution in [-0.2, 0) is 27.7 Å². The molecule has 0 amide bonds. The number of ether oxygens (including phenoxy) is 1. The molecule has 0 aliphatic carbocycles. The van der Waals surface area contributed by atoms with E-state index in [-0.39, 0.29) is 10.5 Å². The SMILES string of the molecule is CC(C)(C)OCc1cccc(CNc2ncnc3ccc(S(C)(=O)=O)cc23)c1. The molecule has 0 radical (unpaired) electrons. The van der Waals surface area contributed by atoms with Crippen LogP contribution in [-0.4, -0.2) is 30.2 Å². The summed E-state index contributed by atoms with van der Waals surface area (Å²) in [7, 11) is -3.30. The lowest BCUT2D eigenvalue weighted by Gasteiger charge is -2.19. The van der Waals surface area contributed by atoms with E-state index in [0.29, 0.717) is 29.9 Å². The maximum atomic E-state index is 11.9. The number of hydrogen-bond donors (Lipinski definition) is 1. The Labute approximate surface area is 165 Å². The second kappa shape index (κ2) is 7.85. The molecule has 0 aliphatic rings. The largest absolute Gasteiger partial charge is 0.371 e. The molecule has 2 aromatic carbocycles. The number of sulfone groups is 1. The Bertz CT molecular complexity index is 1090. The molecule has 0 aliphatic heterocycles. The van der Waals surface area contributed by atoms with Crippen LogP contribution in [0.1, 0.15) is 31.9 Å². The zero-order valence-electron chi connectivity index (χ0n) is 16.6. The molecule has 0 saturated carbocycles. The zero-order valence-corrected chi connectivity index (χ0v) is 17.4. The van der Waals surface area contributed by atoms with Crippen LogP contribution < -0.4 is 5.32 Å². The van der Waals surface area contributed by atoms with E-state index >= 15 is 0 Å². The molecule has 3 aromatic rings. The van der Waals surface area contributed by atoms with Crippen molar-refractivity contribution in [3.63, 3.8) is 0 Å². The first kappa shape index (κ1) is 20.2. The highest BCUT2D eigenvalue weighted by Crippen LogP contribution is 2.23. The molecule has 1 N–H and O–H groups in total. The number of rotatable bonds is 6. The first-order valence-electron chi connectivity index (χ1n) is 9.02. The van der Waals surface area contributed by atoms with Crippen LogP contribution >= 0.6 is 0 Å². The van der Waals surface area contributed by atoms with Crippen LogP contribution in [0.25, 0.3) is 10.9 Å². The standard InChI is InChI=1S/C21H25N3O3S/c1-21(2,3)27-13-16-7-5-6-15(10-16)12-22-20-18-11-17(28(4,25)26)8-9-19(18)23-14-24-20/h5-11,14H,12-13H2,1-4H3,(H,22,23,24). The minimum absolute atomic E-state index is 0.189. The van der Waals surface area contributed by atoms with Gasteiger partial charge in [-0.1, -0.05) is 24.3 Å². The summed E-state index contributed by atoms with van der Waals surface area (Å²) in [5, 5.41) is 3.97. The maximum Gasteiger partial charge on any atom is 0.175 e. The summed E-state index contributed by atoms with van der Waals surface area (Å²) >= 11 is 0. The van der Waals surface area contributed by atoms with Crippen LogP contribution in [0, 0.1) is 0 Å². The number of nitrogens with zero attached hydrogens (tertiary/aromatic N) is 2. The fraction of sp³-hybridized carbons (Fsp3) is 0.333. The molecule has 0 fully saturated rings. The third-order valence-corrected chi connectivity index (χ3v) is 5.27. The van der Waals surface area contributed by atoms with Gasteiger partial charge in [0.25, 0.3) is 0 Å². The lowest BCUT2D eigenvalue weighted by Crippen LogP contribution is -2.18. The Morgan fingerprint density at radius 3 is 2.50 bits per heavy atom. The number of fused-ring (bicyclic) bond motifs is 1. The van der Waals surface area contributed by atoms with Gasteiger partial charge in [0, 0.05) is 18.2 Å². The van der Waals surface area contributed by atoms with Gasteiger partial charge < -0.3 is 10.1 Å². The number of aromatic nitrogens is 2. The van der Waals surface area contributed by atoms with Crippen molar-refractivity contribution in [3.8, 4) is 0 Å². The quantitative estimate of drug-likeness (QED) is 0.676. The van der Waals surface area contributed by atoms with Gasteiger partial charge in [-0.25, -0.2) is 18.4 Å². The van der Waals surface area contributed by atoms with Crippen LogP contribution in [0.5, 0.6) is 0 Å².